The van der Waals surface area contributed by atoms with Crippen LogP contribution in [0, 0.1) is 36.5 Å². The Kier molecular flexibility index (Phi) is 6.06. The molecule has 0 amide bonds. The predicted molar refractivity (Wildman–Crippen MR) is 105 cm³/mol. The van der Waals surface area contributed by atoms with E-state index in [0.29, 0.717) is 0 Å². The van der Waals surface area contributed by atoms with Crippen molar-refractivity contribution in [3.63, 3.8) is 0 Å². The van der Waals surface area contributed by atoms with E-state index in [4.69, 9.17) is 0 Å². The van der Waals surface area contributed by atoms with Crippen LogP contribution < -0.4 is 0 Å². The van der Waals surface area contributed by atoms with Gasteiger partial charge in [0.2, 0.25) is 0 Å². The Bertz CT molecular complexity index is 529. The van der Waals surface area contributed by atoms with Crippen LogP contribution in [0.5, 0.6) is 0 Å². The normalized spacial score (nSPS) is 30.0. The van der Waals surface area contributed by atoms with Gasteiger partial charge in [-0.05, 0) is 78.9 Å². The van der Waals surface area contributed by atoms with E-state index in [1.54, 1.807) is 11.1 Å². The fraction of sp³-hybridized carbons (Fsp3) is 0.750. The minimum Gasteiger partial charge on any atom is -0.0654 e. The summed E-state index contributed by atoms with van der Waals surface area (Å²) in [7, 11) is 0. The maximum Gasteiger partial charge on any atom is -0.0242 e. The summed E-state index contributed by atoms with van der Waals surface area (Å²) in [6.07, 6.45) is 12.8. The molecule has 1 aromatic rings. The Morgan fingerprint density at radius 2 is 1.96 bits per heavy atom. The minimum atomic E-state index is 0.931. The van der Waals surface area contributed by atoms with Gasteiger partial charge >= 0.3 is 0 Å². The Morgan fingerprint density at radius 1 is 1.12 bits per heavy atom. The van der Waals surface area contributed by atoms with Crippen LogP contribution in [0.15, 0.2) is 18.2 Å². The quantitative estimate of drug-likeness (QED) is 0.474. The number of benzene rings is 1. The van der Waals surface area contributed by atoms with Gasteiger partial charge in [0.15, 0.2) is 0 Å². The second-order valence-corrected chi connectivity index (χ2v) is 9.10. The van der Waals surface area contributed by atoms with E-state index in [9.17, 15) is 0 Å². The van der Waals surface area contributed by atoms with Gasteiger partial charge < -0.3 is 0 Å². The Hall–Kier alpha value is -0.780. The lowest BCUT2D eigenvalue weighted by atomic mass is 9.72. The van der Waals surface area contributed by atoms with Gasteiger partial charge in [0.05, 0.1) is 0 Å². The van der Waals surface area contributed by atoms with Gasteiger partial charge in [-0.3, -0.25) is 0 Å². The molecule has 0 spiro atoms. The van der Waals surface area contributed by atoms with E-state index in [-0.39, 0.29) is 0 Å². The monoisotopic (exact) mass is 326 g/mol. The molecule has 1 saturated carbocycles. The van der Waals surface area contributed by atoms with Crippen molar-refractivity contribution >= 4 is 0 Å². The summed E-state index contributed by atoms with van der Waals surface area (Å²) in [5.74, 6) is 4.79. The van der Waals surface area contributed by atoms with Crippen LogP contribution in [0.2, 0.25) is 0 Å². The van der Waals surface area contributed by atoms with Crippen LogP contribution in [-0.4, -0.2) is 0 Å². The molecule has 0 aromatic heterocycles. The minimum absolute atomic E-state index is 0.931. The highest BCUT2D eigenvalue weighted by molar-refractivity contribution is 5.37. The molecule has 0 aliphatic heterocycles. The first kappa shape index (κ1) is 18.0. The molecular formula is C24H38. The first-order valence-corrected chi connectivity index (χ1v) is 10.7. The van der Waals surface area contributed by atoms with Crippen LogP contribution in [0.25, 0.3) is 0 Å². The lowest BCUT2D eigenvalue weighted by Gasteiger charge is -2.33. The molecule has 2 aliphatic rings. The molecule has 1 aromatic carbocycles. The molecular weight excluding hydrogens is 288 g/mol. The summed E-state index contributed by atoms with van der Waals surface area (Å²) < 4.78 is 0. The standard InChI is InChI=1S/C24H38/c1-5-6-7-9-17(2)12-13-22-19(4)14-21-16-23-18(3)10-8-11-20(23)15-24(21)22/h8,10-11,17,19,21-22,24H,5-7,9,12-16H2,1-4H3/t17-,19+,21+,22-,24-/m1/s1. The van der Waals surface area contributed by atoms with E-state index in [1.165, 1.54) is 63.4 Å². The third kappa shape index (κ3) is 3.89. The van der Waals surface area contributed by atoms with Crippen molar-refractivity contribution in [2.24, 2.45) is 29.6 Å². The lowest BCUT2D eigenvalue weighted by molar-refractivity contribution is 0.242. The molecule has 2 aliphatic carbocycles. The zero-order chi connectivity index (χ0) is 17.1. The first-order chi connectivity index (χ1) is 11.6. The van der Waals surface area contributed by atoms with Crippen LogP contribution in [0.3, 0.4) is 0 Å². The molecule has 1 fully saturated rings. The van der Waals surface area contributed by atoms with Crippen molar-refractivity contribution in [1.29, 1.82) is 0 Å². The third-order valence-electron chi connectivity index (χ3n) is 7.28. The predicted octanol–water partition coefficient (Wildman–Crippen LogP) is 6.98. The maximum atomic E-state index is 2.54. The van der Waals surface area contributed by atoms with E-state index in [0.717, 1.165) is 29.6 Å². The summed E-state index contributed by atoms with van der Waals surface area (Å²) >= 11 is 0. The molecule has 0 bridgehead atoms. The molecule has 0 radical (unpaired) electrons. The highest BCUT2D eigenvalue weighted by atomic mass is 14.5. The van der Waals surface area contributed by atoms with Crippen molar-refractivity contribution in [3.05, 3.63) is 34.9 Å². The zero-order valence-corrected chi connectivity index (χ0v) is 16.5. The van der Waals surface area contributed by atoms with Crippen molar-refractivity contribution in [2.75, 3.05) is 0 Å². The van der Waals surface area contributed by atoms with Gasteiger partial charge in [-0.25, -0.2) is 0 Å². The van der Waals surface area contributed by atoms with E-state index in [2.05, 4.69) is 45.9 Å². The van der Waals surface area contributed by atoms with E-state index in [1.807, 2.05) is 0 Å². The molecule has 24 heavy (non-hydrogen) atoms. The number of fused-ring (bicyclic) bond motifs is 2. The largest absolute Gasteiger partial charge is 0.0654 e. The topological polar surface area (TPSA) is 0 Å². The molecule has 3 rings (SSSR count). The van der Waals surface area contributed by atoms with Gasteiger partial charge in [-0.1, -0.05) is 71.1 Å². The lowest BCUT2D eigenvalue weighted by Crippen LogP contribution is -2.26. The van der Waals surface area contributed by atoms with Gasteiger partial charge in [0.1, 0.15) is 0 Å². The molecule has 0 heteroatoms. The fourth-order valence-corrected chi connectivity index (χ4v) is 5.78. The second-order valence-electron chi connectivity index (χ2n) is 9.10. The van der Waals surface area contributed by atoms with Crippen LogP contribution in [0.4, 0.5) is 0 Å². The highest BCUT2D eigenvalue weighted by Gasteiger charge is 2.43. The van der Waals surface area contributed by atoms with Gasteiger partial charge in [-0.2, -0.15) is 0 Å². The van der Waals surface area contributed by atoms with Crippen LogP contribution >= 0.6 is 0 Å². The zero-order valence-electron chi connectivity index (χ0n) is 16.5. The highest BCUT2D eigenvalue weighted by Crippen LogP contribution is 2.50. The molecule has 0 nitrogen and oxygen atoms in total. The summed E-state index contributed by atoms with van der Waals surface area (Å²) in [4.78, 5) is 0. The van der Waals surface area contributed by atoms with Crippen molar-refractivity contribution in [2.45, 2.75) is 85.5 Å². The molecule has 0 N–H and O–H groups in total. The van der Waals surface area contributed by atoms with Crippen LogP contribution in [0.1, 0.15) is 82.4 Å². The molecule has 0 saturated heterocycles. The maximum absolute atomic E-state index is 2.54. The van der Waals surface area contributed by atoms with Gasteiger partial charge in [0, 0.05) is 0 Å². The number of hydrogen-bond donors (Lipinski definition) is 0. The fourth-order valence-electron chi connectivity index (χ4n) is 5.78. The van der Waals surface area contributed by atoms with E-state index < -0.39 is 0 Å². The van der Waals surface area contributed by atoms with Gasteiger partial charge in [0.25, 0.3) is 0 Å². The number of aryl methyl sites for hydroxylation is 1. The summed E-state index contributed by atoms with van der Waals surface area (Å²) in [5.41, 5.74) is 4.90. The summed E-state index contributed by atoms with van der Waals surface area (Å²) in [5, 5.41) is 0. The van der Waals surface area contributed by atoms with E-state index >= 15 is 0 Å². The average Bonchev–Trinajstić information content (AvgIpc) is 2.86. The first-order valence-electron chi connectivity index (χ1n) is 10.7. The number of rotatable bonds is 7. The SMILES string of the molecule is CCCCC[C@@H](C)CC[C@H]1[C@@H]2Cc3cccc(C)c3C[C@@H]2C[C@@H]1C. The molecule has 0 heterocycles. The smallest absolute Gasteiger partial charge is 0.0242 e. The van der Waals surface area contributed by atoms with Crippen LogP contribution in [-0.2, 0) is 12.8 Å². The molecule has 0 unspecified atom stereocenters. The van der Waals surface area contributed by atoms with Gasteiger partial charge in [-0.15, -0.1) is 0 Å². The Labute approximate surface area is 150 Å². The number of hydrogen-bond acceptors (Lipinski definition) is 0. The van der Waals surface area contributed by atoms with Crippen molar-refractivity contribution in [1.82, 2.24) is 0 Å². The Balaban J connectivity index is 1.59. The Morgan fingerprint density at radius 3 is 2.75 bits per heavy atom. The van der Waals surface area contributed by atoms with Crippen molar-refractivity contribution in [3.8, 4) is 0 Å². The third-order valence-corrected chi connectivity index (χ3v) is 7.28. The summed E-state index contributed by atoms with van der Waals surface area (Å²) in [6, 6.07) is 7.00. The summed E-state index contributed by atoms with van der Waals surface area (Å²) in [6.45, 7) is 9.66. The molecule has 5 atom stereocenters. The number of unbranched alkanes of at least 4 members (excludes halogenated alkanes) is 2. The second kappa shape index (κ2) is 8.07. The van der Waals surface area contributed by atoms with Crippen molar-refractivity contribution < 1.29 is 0 Å². The average molecular weight is 327 g/mol. The molecule has 134 valence electrons.